The predicted molar refractivity (Wildman–Crippen MR) is 75.6 cm³/mol. The van der Waals surface area contributed by atoms with E-state index in [9.17, 15) is 4.79 Å². The van der Waals surface area contributed by atoms with Crippen LogP contribution in [0.2, 0.25) is 0 Å². The van der Waals surface area contributed by atoms with Gasteiger partial charge in [0.25, 0.3) is 0 Å². The lowest BCUT2D eigenvalue weighted by Gasteiger charge is -2.34. The van der Waals surface area contributed by atoms with Gasteiger partial charge in [-0.1, -0.05) is 6.92 Å². The standard InChI is InChI=1S/C15H27NO4/c1-3-8-16-15(12-4-5-12,14(17)18-2)11-20-13-6-9-19-10-7-13/h12-13,16H,3-11H2,1-2H3. The van der Waals surface area contributed by atoms with E-state index < -0.39 is 5.54 Å². The number of hydrogen-bond donors (Lipinski definition) is 1. The van der Waals surface area contributed by atoms with Gasteiger partial charge < -0.3 is 14.2 Å². The van der Waals surface area contributed by atoms with Crippen LogP contribution in [-0.4, -0.2) is 51.1 Å². The van der Waals surface area contributed by atoms with Crippen LogP contribution in [0.15, 0.2) is 0 Å². The minimum atomic E-state index is -0.650. The molecule has 0 aromatic carbocycles. The largest absolute Gasteiger partial charge is 0.468 e. The molecule has 1 saturated carbocycles. The summed E-state index contributed by atoms with van der Waals surface area (Å²) < 4.78 is 16.4. The molecule has 0 bridgehead atoms. The molecular weight excluding hydrogens is 258 g/mol. The highest BCUT2D eigenvalue weighted by Gasteiger charge is 2.52. The maximum Gasteiger partial charge on any atom is 0.328 e. The van der Waals surface area contributed by atoms with Crippen molar-refractivity contribution in [3.8, 4) is 0 Å². The number of nitrogens with one attached hydrogen (secondary N) is 1. The van der Waals surface area contributed by atoms with Gasteiger partial charge in [0, 0.05) is 13.2 Å². The summed E-state index contributed by atoms with van der Waals surface area (Å²) in [4.78, 5) is 12.3. The van der Waals surface area contributed by atoms with Gasteiger partial charge in [-0.25, -0.2) is 4.79 Å². The van der Waals surface area contributed by atoms with Crippen molar-refractivity contribution in [1.82, 2.24) is 5.32 Å². The summed E-state index contributed by atoms with van der Waals surface area (Å²) in [5.74, 6) is 0.168. The molecule has 1 unspecified atom stereocenters. The Morgan fingerprint density at radius 1 is 1.30 bits per heavy atom. The molecule has 5 heteroatoms. The zero-order valence-electron chi connectivity index (χ0n) is 12.7. The highest BCUT2D eigenvalue weighted by Crippen LogP contribution is 2.41. The van der Waals surface area contributed by atoms with Gasteiger partial charge in [0.1, 0.15) is 5.54 Å². The minimum absolute atomic E-state index is 0.180. The van der Waals surface area contributed by atoms with Crippen molar-refractivity contribution in [2.45, 2.75) is 50.7 Å². The molecule has 2 aliphatic rings. The molecule has 0 spiro atoms. The van der Waals surface area contributed by atoms with Crippen LogP contribution in [0.5, 0.6) is 0 Å². The monoisotopic (exact) mass is 285 g/mol. The first-order valence-corrected chi connectivity index (χ1v) is 7.75. The predicted octanol–water partition coefficient (Wildman–Crippen LogP) is 1.50. The zero-order chi connectivity index (χ0) is 14.4. The van der Waals surface area contributed by atoms with Gasteiger partial charge in [0.15, 0.2) is 0 Å². The summed E-state index contributed by atoms with van der Waals surface area (Å²) in [6.45, 7) is 4.82. The lowest BCUT2D eigenvalue weighted by atomic mass is 9.93. The number of ether oxygens (including phenoxy) is 3. The van der Waals surface area contributed by atoms with Crippen LogP contribution < -0.4 is 5.32 Å². The van der Waals surface area contributed by atoms with Gasteiger partial charge in [0.2, 0.25) is 0 Å². The molecule has 2 fully saturated rings. The zero-order valence-corrected chi connectivity index (χ0v) is 12.7. The molecular formula is C15H27NO4. The van der Waals surface area contributed by atoms with Crippen molar-refractivity contribution in [2.24, 2.45) is 5.92 Å². The van der Waals surface area contributed by atoms with Crippen molar-refractivity contribution >= 4 is 5.97 Å². The van der Waals surface area contributed by atoms with Crippen LogP contribution in [-0.2, 0) is 19.0 Å². The lowest BCUT2D eigenvalue weighted by molar-refractivity contribution is -0.155. The number of carbonyl (C=O) groups is 1. The highest BCUT2D eigenvalue weighted by molar-refractivity contribution is 5.82. The van der Waals surface area contributed by atoms with E-state index in [0.29, 0.717) is 12.5 Å². The van der Waals surface area contributed by atoms with E-state index in [1.165, 1.54) is 7.11 Å². The van der Waals surface area contributed by atoms with E-state index in [0.717, 1.165) is 51.9 Å². The van der Waals surface area contributed by atoms with Gasteiger partial charge in [-0.15, -0.1) is 0 Å². The fraction of sp³-hybridized carbons (Fsp3) is 0.933. The molecule has 0 aromatic heterocycles. The Labute approximate surface area is 121 Å². The second-order valence-corrected chi connectivity index (χ2v) is 5.79. The maximum atomic E-state index is 12.3. The molecule has 1 heterocycles. The number of methoxy groups -OCH3 is 1. The van der Waals surface area contributed by atoms with Crippen molar-refractivity contribution in [3.05, 3.63) is 0 Å². The smallest absolute Gasteiger partial charge is 0.328 e. The van der Waals surface area contributed by atoms with E-state index in [2.05, 4.69) is 12.2 Å². The molecule has 1 saturated heterocycles. The first kappa shape index (κ1) is 15.7. The summed E-state index contributed by atoms with van der Waals surface area (Å²) in [7, 11) is 1.46. The quantitative estimate of drug-likeness (QED) is 0.685. The average molecular weight is 285 g/mol. The first-order valence-electron chi connectivity index (χ1n) is 7.75. The van der Waals surface area contributed by atoms with E-state index in [-0.39, 0.29) is 12.1 Å². The Morgan fingerprint density at radius 2 is 2.00 bits per heavy atom. The fourth-order valence-corrected chi connectivity index (χ4v) is 2.81. The third-order valence-corrected chi connectivity index (χ3v) is 4.23. The topological polar surface area (TPSA) is 56.8 Å². The summed E-state index contributed by atoms with van der Waals surface area (Å²) in [6, 6.07) is 0. The SMILES string of the molecule is CCCNC(COC1CCOCC1)(C(=O)OC)C1CC1. The highest BCUT2D eigenvalue weighted by atomic mass is 16.5. The molecule has 20 heavy (non-hydrogen) atoms. The average Bonchev–Trinajstić information content (AvgIpc) is 3.33. The Bertz CT molecular complexity index is 313. The van der Waals surface area contributed by atoms with Gasteiger partial charge in [-0.3, -0.25) is 5.32 Å². The third kappa shape index (κ3) is 3.71. The van der Waals surface area contributed by atoms with Crippen LogP contribution in [0.25, 0.3) is 0 Å². The molecule has 1 aliphatic carbocycles. The van der Waals surface area contributed by atoms with Crippen LogP contribution in [0.1, 0.15) is 39.0 Å². The summed E-state index contributed by atoms with van der Waals surface area (Å²) in [5.41, 5.74) is -0.650. The Morgan fingerprint density at radius 3 is 2.55 bits per heavy atom. The number of esters is 1. The van der Waals surface area contributed by atoms with Crippen LogP contribution in [0, 0.1) is 5.92 Å². The Hall–Kier alpha value is -0.650. The Balaban J connectivity index is 1.98. The molecule has 2 rings (SSSR count). The van der Waals surface area contributed by atoms with Crippen molar-refractivity contribution in [3.63, 3.8) is 0 Å². The van der Waals surface area contributed by atoms with E-state index in [1.54, 1.807) is 0 Å². The van der Waals surface area contributed by atoms with Crippen molar-refractivity contribution < 1.29 is 19.0 Å². The number of rotatable bonds is 8. The molecule has 0 radical (unpaired) electrons. The van der Waals surface area contributed by atoms with Crippen molar-refractivity contribution in [2.75, 3.05) is 33.5 Å². The molecule has 5 nitrogen and oxygen atoms in total. The third-order valence-electron chi connectivity index (χ3n) is 4.23. The molecule has 0 aromatic rings. The summed E-state index contributed by atoms with van der Waals surface area (Å²) in [6.07, 6.45) is 5.16. The van der Waals surface area contributed by atoms with Crippen LogP contribution >= 0.6 is 0 Å². The fourth-order valence-electron chi connectivity index (χ4n) is 2.81. The van der Waals surface area contributed by atoms with Gasteiger partial charge in [-0.2, -0.15) is 0 Å². The first-order chi connectivity index (χ1) is 9.73. The van der Waals surface area contributed by atoms with Crippen LogP contribution in [0.4, 0.5) is 0 Å². The second kappa shape index (κ2) is 7.38. The van der Waals surface area contributed by atoms with Crippen molar-refractivity contribution in [1.29, 1.82) is 0 Å². The molecule has 1 atom stereocenters. The molecule has 0 amide bonds. The van der Waals surface area contributed by atoms with E-state index in [4.69, 9.17) is 14.2 Å². The van der Waals surface area contributed by atoms with E-state index >= 15 is 0 Å². The maximum absolute atomic E-state index is 12.3. The molecule has 116 valence electrons. The van der Waals surface area contributed by atoms with Crippen LogP contribution in [0.3, 0.4) is 0 Å². The molecule has 1 N–H and O–H groups in total. The second-order valence-electron chi connectivity index (χ2n) is 5.79. The number of hydrogen-bond acceptors (Lipinski definition) is 5. The number of carbonyl (C=O) groups excluding carboxylic acids is 1. The van der Waals surface area contributed by atoms with Gasteiger partial charge >= 0.3 is 5.97 Å². The molecule has 1 aliphatic heterocycles. The van der Waals surface area contributed by atoms with Gasteiger partial charge in [0.05, 0.1) is 19.8 Å². The van der Waals surface area contributed by atoms with E-state index in [1.807, 2.05) is 0 Å². The Kier molecular flexibility index (Phi) is 5.81. The van der Waals surface area contributed by atoms with Gasteiger partial charge in [-0.05, 0) is 44.6 Å². The summed E-state index contributed by atoms with van der Waals surface area (Å²) in [5, 5.41) is 3.40. The summed E-state index contributed by atoms with van der Waals surface area (Å²) >= 11 is 0. The lowest BCUT2D eigenvalue weighted by Crippen LogP contribution is -2.58. The normalized spacial score (nSPS) is 23.3. The minimum Gasteiger partial charge on any atom is -0.468 e.